The topological polar surface area (TPSA) is 120 Å². The first-order chi connectivity index (χ1) is 9.56. The van der Waals surface area contributed by atoms with Crippen molar-refractivity contribution in [2.75, 3.05) is 6.61 Å². The van der Waals surface area contributed by atoms with Crippen molar-refractivity contribution in [2.45, 2.75) is 6.54 Å². The number of benzene rings is 1. The van der Waals surface area contributed by atoms with Crippen molar-refractivity contribution in [3.8, 4) is 5.75 Å². The second-order valence-corrected chi connectivity index (χ2v) is 4.01. The molecule has 0 aliphatic rings. The SMILES string of the molecule is N=C(N)c1ccc(OCCn2cc([N+](=O)[O-])cn2)cc1. The maximum absolute atomic E-state index is 10.5. The van der Waals surface area contributed by atoms with E-state index in [1.54, 1.807) is 24.3 Å². The molecule has 1 aromatic heterocycles. The Morgan fingerprint density at radius 3 is 2.70 bits per heavy atom. The maximum Gasteiger partial charge on any atom is 0.306 e. The summed E-state index contributed by atoms with van der Waals surface area (Å²) in [5, 5.41) is 21.6. The first-order valence-corrected chi connectivity index (χ1v) is 5.80. The highest BCUT2D eigenvalue weighted by Gasteiger charge is 2.08. The number of nitrogen functional groups attached to an aromatic ring is 1. The lowest BCUT2D eigenvalue weighted by atomic mass is 10.2. The highest BCUT2D eigenvalue weighted by molar-refractivity contribution is 5.94. The van der Waals surface area contributed by atoms with Crippen molar-refractivity contribution >= 4 is 11.5 Å². The van der Waals surface area contributed by atoms with E-state index in [0.29, 0.717) is 24.5 Å². The standard InChI is InChI=1S/C12H13N5O3/c13-12(14)9-1-3-11(4-2-9)20-6-5-16-8-10(7-15-16)17(18)19/h1-4,7-8H,5-6H2,(H3,13,14). The zero-order valence-electron chi connectivity index (χ0n) is 10.5. The first kappa shape index (κ1) is 13.5. The van der Waals surface area contributed by atoms with Crippen LogP contribution in [0.15, 0.2) is 36.7 Å². The van der Waals surface area contributed by atoms with Gasteiger partial charge in [-0.05, 0) is 24.3 Å². The minimum absolute atomic E-state index is 0.000371. The Hall–Kier alpha value is -2.90. The number of ether oxygens (including phenoxy) is 1. The van der Waals surface area contributed by atoms with Gasteiger partial charge in [-0.1, -0.05) is 0 Å². The maximum atomic E-state index is 10.5. The Kier molecular flexibility index (Phi) is 3.94. The fourth-order valence-corrected chi connectivity index (χ4v) is 1.56. The summed E-state index contributed by atoms with van der Waals surface area (Å²) in [6, 6.07) is 6.80. The molecule has 8 nitrogen and oxygen atoms in total. The lowest BCUT2D eigenvalue weighted by molar-refractivity contribution is -0.385. The predicted molar refractivity (Wildman–Crippen MR) is 71.8 cm³/mol. The highest BCUT2D eigenvalue weighted by Crippen LogP contribution is 2.12. The van der Waals surface area contributed by atoms with E-state index in [2.05, 4.69) is 5.10 Å². The molecule has 0 fully saturated rings. The molecule has 0 aliphatic carbocycles. The molecule has 20 heavy (non-hydrogen) atoms. The van der Waals surface area contributed by atoms with Gasteiger partial charge in [0.25, 0.3) is 0 Å². The Balaban J connectivity index is 1.85. The smallest absolute Gasteiger partial charge is 0.306 e. The molecule has 0 saturated heterocycles. The molecule has 0 atom stereocenters. The number of nitrogens with one attached hydrogen (secondary N) is 1. The largest absolute Gasteiger partial charge is 0.492 e. The number of aromatic nitrogens is 2. The third kappa shape index (κ3) is 3.31. The number of nitrogens with zero attached hydrogens (tertiary/aromatic N) is 3. The van der Waals surface area contributed by atoms with Crippen LogP contribution in [-0.4, -0.2) is 27.1 Å². The van der Waals surface area contributed by atoms with E-state index < -0.39 is 4.92 Å². The zero-order valence-corrected chi connectivity index (χ0v) is 10.5. The minimum atomic E-state index is -0.495. The Morgan fingerprint density at radius 2 is 2.15 bits per heavy atom. The van der Waals surface area contributed by atoms with Crippen molar-refractivity contribution in [2.24, 2.45) is 5.73 Å². The predicted octanol–water partition coefficient (Wildman–Crippen LogP) is 1.15. The number of nitro groups is 1. The van der Waals surface area contributed by atoms with Crippen LogP contribution in [-0.2, 0) is 6.54 Å². The zero-order chi connectivity index (χ0) is 14.5. The van der Waals surface area contributed by atoms with Crippen LogP contribution in [0.4, 0.5) is 5.69 Å². The highest BCUT2D eigenvalue weighted by atomic mass is 16.6. The summed E-state index contributed by atoms with van der Waals surface area (Å²) in [6.45, 7) is 0.737. The van der Waals surface area contributed by atoms with Gasteiger partial charge in [0.2, 0.25) is 0 Å². The van der Waals surface area contributed by atoms with Gasteiger partial charge in [-0.3, -0.25) is 20.2 Å². The van der Waals surface area contributed by atoms with Crippen LogP contribution in [0.25, 0.3) is 0 Å². The van der Waals surface area contributed by atoms with E-state index in [1.165, 1.54) is 17.1 Å². The summed E-state index contributed by atoms with van der Waals surface area (Å²) >= 11 is 0. The lowest BCUT2D eigenvalue weighted by Gasteiger charge is -2.06. The molecular weight excluding hydrogens is 262 g/mol. The van der Waals surface area contributed by atoms with Crippen LogP contribution in [0.3, 0.4) is 0 Å². The van der Waals surface area contributed by atoms with Crippen LogP contribution in [0.2, 0.25) is 0 Å². The van der Waals surface area contributed by atoms with Crippen molar-refractivity contribution in [1.82, 2.24) is 9.78 Å². The molecule has 0 spiro atoms. The van der Waals surface area contributed by atoms with Gasteiger partial charge in [0.1, 0.15) is 30.6 Å². The number of hydrogen-bond donors (Lipinski definition) is 2. The number of rotatable bonds is 6. The fraction of sp³-hybridized carbons (Fsp3) is 0.167. The molecule has 2 rings (SSSR count). The number of nitrogens with two attached hydrogens (primary N) is 1. The Labute approximate surface area is 114 Å². The van der Waals surface area contributed by atoms with Crippen LogP contribution < -0.4 is 10.5 Å². The number of hydrogen-bond acceptors (Lipinski definition) is 5. The minimum Gasteiger partial charge on any atom is -0.492 e. The molecule has 104 valence electrons. The van der Waals surface area contributed by atoms with Gasteiger partial charge in [0.15, 0.2) is 0 Å². The third-order valence-corrected chi connectivity index (χ3v) is 2.58. The summed E-state index contributed by atoms with van der Waals surface area (Å²) in [6.07, 6.45) is 2.55. The van der Waals surface area contributed by atoms with E-state index >= 15 is 0 Å². The van der Waals surface area contributed by atoms with Crippen molar-refractivity contribution in [3.05, 3.63) is 52.3 Å². The monoisotopic (exact) mass is 275 g/mol. The quantitative estimate of drug-likeness (QED) is 0.354. The summed E-state index contributed by atoms with van der Waals surface area (Å²) in [5.41, 5.74) is 5.92. The first-order valence-electron chi connectivity index (χ1n) is 5.80. The van der Waals surface area contributed by atoms with Gasteiger partial charge in [0, 0.05) is 5.56 Å². The van der Waals surface area contributed by atoms with Crippen molar-refractivity contribution < 1.29 is 9.66 Å². The van der Waals surface area contributed by atoms with Gasteiger partial charge in [-0.2, -0.15) is 5.10 Å². The molecule has 1 aromatic carbocycles. The summed E-state index contributed by atoms with van der Waals surface area (Å²) in [5.74, 6) is 0.636. The van der Waals surface area contributed by atoms with Crippen LogP contribution in [0.5, 0.6) is 5.75 Å². The van der Waals surface area contributed by atoms with Gasteiger partial charge in [-0.25, -0.2) is 0 Å². The Bertz CT molecular complexity index is 620. The van der Waals surface area contributed by atoms with Crippen molar-refractivity contribution in [1.29, 1.82) is 5.41 Å². The van der Waals surface area contributed by atoms with Crippen LogP contribution in [0.1, 0.15) is 5.56 Å². The molecule has 8 heteroatoms. The van der Waals surface area contributed by atoms with Gasteiger partial charge >= 0.3 is 5.69 Å². The van der Waals surface area contributed by atoms with Gasteiger partial charge < -0.3 is 10.5 Å². The van der Waals surface area contributed by atoms with Gasteiger partial charge in [-0.15, -0.1) is 0 Å². The summed E-state index contributed by atoms with van der Waals surface area (Å²) in [7, 11) is 0. The third-order valence-electron chi connectivity index (χ3n) is 2.58. The summed E-state index contributed by atoms with van der Waals surface area (Å²) in [4.78, 5) is 9.99. The summed E-state index contributed by atoms with van der Waals surface area (Å²) < 4.78 is 6.92. The molecule has 0 amide bonds. The molecule has 0 unspecified atom stereocenters. The normalized spacial score (nSPS) is 10.2. The van der Waals surface area contributed by atoms with E-state index in [1.807, 2.05) is 0 Å². The van der Waals surface area contributed by atoms with E-state index in [4.69, 9.17) is 15.9 Å². The van der Waals surface area contributed by atoms with Crippen molar-refractivity contribution in [3.63, 3.8) is 0 Å². The molecule has 0 saturated carbocycles. The molecular formula is C12H13N5O3. The molecule has 3 N–H and O–H groups in total. The van der Waals surface area contributed by atoms with Crippen LogP contribution >= 0.6 is 0 Å². The molecule has 1 heterocycles. The lowest BCUT2D eigenvalue weighted by Crippen LogP contribution is -2.11. The molecule has 0 radical (unpaired) electrons. The van der Waals surface area contributed by atoms with E-state index in [9.17, 15) is 10.1 Å². The second-order valence-electron chi connectivity index (χ2n) is 4.01. The molecule has 2 aromatic rings. The molecule has 0 bridgehead atoms. The van der Waals surface area contributed by atoms with E-state index in [0.717, 1.165) is 0 Å². The van der Waals surface area contributed by atoms with E-state index in [-0.39, 0.29) is 11.5 Å². The number of amidine groups is 1. The fourth-order valence-electron chi connectivity index (χ4n) is 1.56. The average molecular weight is 275 g/mol. The second kappa shape index (κ2) is 5.83. The van der Waals surface area contributed by atoms with Crippen LogP contribution in [0, 0.1) is 15.5 Å². The average Bonchev–Trinajstić information content (AvgIpc) is 2.88. The Morgan fingerprint density at radius 1 is 1.45 bits per heavy atom. The molecule has 0 aliphatic heterocycles. The van der Waals surface area contributed by atoms with Gasteiger partial charge in [0.05, 0.1) is 11.5 Å².